The van der Waals surface area contributed by atoms with E-state index in [-0.39, 0.29) is 6.54 Å². The molecule has 0 aromatic heterocycles. The van der Waals surface area contributed by atoms with Crippen LogP contribution in [0.25, 0.3) is 0 Å². The normalized spacial score (nSPS) is 9.86. The number of carbonyl (C=O) groups is 2. The van der Waals surface area contributed by atoms with Gasteiger partial charge in [0.15, 0.2) is 0 Å². The molecule has 0 saturated carbocycles. The third kappa shape index (κ3) is 6.35. The van der Waals surface area contributed by atoms with E-state index < -0.39 is 11.9 Å². The van der Waals surface area contributed by atoms with Crippen LogP contribution in [0.4, 0.5) is 10.5 Å². The summed E-state index contributed by atoms with van der Waals surface area (Å²) in [5.41, 5.74) is 0.669. The molecule has 0 bridgehead atoms. The molecule has 1 aromatic rings. The molecule has 0 saturated heterocycles. The third-order valence-corrected chi connectivity index (χ3v) is 2.97. The van der Waals surface area contributed by atoms with Crippen LogP contribution < -0.4 is 20.7 Å². The number of unbranched alkanes of at least 4 members (excludes halogenated alkanes) is 1. The molecule has 0 heterocycles. The van der Waals surface area contributed by atoms with E-state index in [0.717, 1.165) is 12.8 Å². The smallest absolute Gasteiger partial charge is 0.321 e. The number of methoxy groups -OCH3 is 1. The molecule has 3 amide bonds. The lowest BCUT2D eigenvalue weighted by Crippen LogP contribution is -2.42. The molecule has 0 unspecified atom stereocenters. The second-order valence-electron chi connectivity index (χ2n) is 4.36. The maximum absolute atomic E-state index is 11.6. The Kier molecular flexibility index (Phi) is 7.39. The molecule has 6 nitrogen and oxygen atoms in total. The molecule has 0 aliphatic heterocycles. The SMILES string of the molecule is CCCCNC(=O)NC(=O)CNc1ccc(OC)c(Cl)c1. The van der Waals surface area contributed by atoms with Crippen molar-refractivity contribution in [3.63, 3.8) is 0 Å². The largest absolute Gasteiger partial charge is 0.495 e. The summed E-state index contributed by atoms with van der Waals surface area (Å²) < 4.78 is 5.03. The lowest BCUT2D eigenvalue weighted by Gasteiger charge is -2.09. The zero-order chi connectivity index (χ0) is 15.7. The van der Waals surface area contributed by atoms with Gasteiger partial charge in [-0.2, -0.15) is 0 Å². The molecule has 0 aliphatic carbocycles. The number of hydrogen-bond acceptors (Lipinski definition) is 4. The summed E-state index contributed by atoms with van der Waals surface area (Å²) in [5, 5.41) is 8.16. The van der Waals surface area contributed by atoms with E-state index in [1.807, 2.05) is 6.92 Å². The zero-order valence-electron chi connectivity index (χ0n) is 12.2. The molecular weight excluding hydrogens is 294 g/mol. The van der Waals surface area contributed by atoms with Gasteiger partial charge < -0.3 is 15.4 Å². The molecule has 21 heavy (non-hydrogen) atoms. The van der Waals surface area contributed by atoms with Crippen molar-refractivity contribution in [3.8, 4) is 5.75 Å². The first-order valence-corrected chi connectivity index (χ1v) is 7.09. The summed E-state index contributed by atoms with van der Waals surface area (Å²) in [5.74, 6) is 0.137. The second kappa shape index (κ2) is 9.07. The van der Waals surface area contributed by atoms with Crippen molar-refractivity contribution >= 4 is 29.2 Å². The highest BCUT2D eigenvalue weighted by Gasteiger charge is 2.07. The Labute approximate surface area is 129 Å². The maximum Gasteiger partial charge on any atom is 0.321 e. The quantitative estimate of drug-likeness (QED) is 0.675. The topological polar surface area (TPSA) is 79.5 Å². The molecule has 0 fully saturated rings. The molecule has 0 atom stereocenters. The van der Waals surface area contributed by atoms with Crippen molar-refractivity contribution in [3.05, 3.63) is 23.2 Å². The highest BCUT2D eigenvalue weighted by molar-refractivity contribution is 6.32. The monoisotopic (exact) mass is 313 g/mol. The summed E-state index contributed by atoms with van der Waals surface area (Å²) in [6.45, 7) is 2.55. The minimum atomic E-state index is -0.483. The van der Waals surface area contributed by atoms with Crippen molar-refractivity contribution in [2.45, 2.75) is 19.8 Å². The Morgan fingerprint density at radius 1 is 1.33 bits per heavy atom. The van der Waals surface area contributed by atoms with Gasteiger partial charge >= 0.3 is 6.03 Å². The van der Waals surface area contributed by atoms with Crippen LogP contribution in [0.5, 0.6) is 5.75 Å². The van der Waals surface area contributed by atoms with Crippen LogP contribution in [0, 0.1) is 0 Å². The maximum atomic E-state index is 11.6. The Hall–Kier alpha value is -1.95. The summed E-state index contributed by atoms with van der Waals surface area (Å²) in [6, 6.07) is 4.59. The van der Waals surface area contributed by atoms with E-state index in [9.17, 15) is 9.59 Å². The number of urea groups is 1. The Balaban J connectivity index is 2.35. The van der Waals surface area contributed by atoms with Crippen LogP contribution >= 0.6 is 11.6 Å². The fraction of sp³-hybridized carbons (Fsp3) is 0.429. The van der Waals surface area contributed by atoms with Crippen molar-refractivity contribution in [2.24, 2.45) is 0 Å². The summed E-state index contributed by atoms with van der Waals surface area (Å²) in [6.07, 6.45) is 1.86. The lowest BCUT2D eigenvalue weighted by atomic mass is 10.3. The molecule has 0 aliphatic rings. The van der Waals surface area contributed by atoms with Crippen molar-refractivity contribution in [1.82, 2.24) is 10.6 Å². The van der Waals surface area contributed by atoms with Crippen molar-refractivity contribution < 1.29 is 14.3 Å². The fourth-order valence-electron chi connectivity index (χ4n) is 1.55. The number of nitrogens with one attached hydrogen (secondary N) is 3. The van der Waals surface area contributed by atoms with E-state index >= 15 is 0 Å². The van der Waals surface area contributed by atoms with Crippen LogP contribution in [-0.2, 0) is 4.79 Å². The molecule has 0 spiro atoms. The Morgan fingerprint density at radius 2 is 2.10 bits per heavy atom. The first-order chi connectivity index (χ1) is 10.1. The summed E-state index contributed by atoms with van der Waals surface area (Å²) in [7, 11) is 1.53. The highest BCUT2D eigenvalue weighted by Crippen LogP contribution is 2.26. The van der Waals surface area contributed by atoms with Crippen LogP contribution in [0.2, 0.25) is 5.02 Å². The Morgan fingerprint density at radius 3 is 2.71 bits per heavy atom. The number of ether oxygens (including phenoxy) is 1. The minimum absolute atomic E-state index is 0.0240. The first-order valence-electron chi connectivity index (χ1n) is 6.72. The Bertz CT molecular complexity index is 494. The number of hydrogen-bond donors (Lipinski definition) is 3. The van der Waals surface area contributed by atoms with Crippen molar-refractivity contribution in [2.75, 3.05) is 25.5 Å². The van der Waals surface area contributed by atoms with Gasteiger partial charge in [0.25, 0.3) is 0 Å². The van der Waals surface area contributed by atoms with Gasteiger partial charge in [0, 0.05) is 12.2 Å². The molecule has 3 N–H and O–H groups in total. The number of rotatable bonds is 7. The molecule has 1 rings (SSSR count). The minimum Gasteiger partial charge on any atom is -0.495 e. The predicted molar refractivity (Wildman–Crippen MR) is 82.9 cm³/mol. The van der Waals surface area contributed by atoms with Crippen LogP contribution in [-0.4, -0.2) is 32.1 Å². The van der Waals surface area contributed by atoms with E-state index in [2.05, 4.69) is 16.0 Å². The zero-order valence-corrected chi connectivity index (χ0v) is 12.9. The predicted octanol–water partition coefficient (Wildman–Crippen LogP) is 2.39. The molecular formula is C14H20ClN3O3. The summed E-state index contributed by atoms with van der Waals surface area (Å²) >= 11 is 5.97. The van der Waals surface area contributed by atoms with E-state index in [4.69, 9.17) is 16.3 Å². The molecule has 7 heteroatoms. The van der Waals surface area contributed by atoms with Crippen LogP contribution in [0.15, 0.2) is 18.2 Å². The molecule has 116 valence electrons. The van der Waals surface area contributed by atoms with Crippen LogP contribution in [0.1, 0.15) is 19.8 Å². The van der Waals surface area contributed by atoms with E-state index in [1.54, 1.807) is 18.2 Å². The standard InChI is InChI=1S/C14H20ClN3O3/c1-3-4-7-16-14(20)18-13(19)9-17-10-5-6-12(21-2)11(15)8-10/h5-6,8,17H,3-4,7,9H2,1-2H3,(H2,16,18,19,20). The average molecular weight is 314 g/mol. The highest BCUT2D eigenvalue weighted by atomic mass is 35.5. The van der Waals surface area contributed by atoms with E-state index in [0.29, 0.717) is 23.0 Å². The van der Waals surface area contributed by atoms with Gasteiger partial charge in [0.2, 0.25) is 5.91 Å². The van der Waals surface area contributed by atoms with Gasteiger partial charge in [0.05, 0.1) is 18.7 Å². The fourth-order valence-corrected chi connectivity index (χ4v) is 1.81. The number of benzene rings is 1. The number of imide groups is 1. The van der Waals surface area contributed by atoms with Crippen LogP contribution in [0.3, 0.4) is 0 Å². The number of anilines is 1. The number of halogens is 1. The van der Waals surface area contributed by atoms with Gasteiger partial charge in [-0.25, -0.2) is 4.79 Å². The summed E-state index contributed by atoms with van der Waals surface area (Å²) in [4.78, 5) is 22.9. The molecule has 1 aromatic carbocycles. The van der Waals surface area contributed by atoms with Gasteiger partial charge in [0.1, 0.15) is 5.75 Å². The van der Waals surface area contributed by atoms with Gasteiger partial charge in [-0.3, -0.25) is 10.1 Å². The van der Waals surface area contributed by atoms with Gasteiger partial charge in [-0.05, 0) is 24.6 Å². The van der Waals surface area contributed by atoms with E-state index in [1.165, 1.54) is 7.11 Å². The lowest BCUT2D eigenvalue weighted by molar-refractivity contribution is -0.118. The van der Waals surface area contributed by atoms with Gasteiger partial charge in [-0.1, -0.05) is 24.9 Å². The molecule has 0 radical (unpaired) electrons. The van der Waals surface area contributed by atoms with Gasteiger partial charge in [-0.15, -0.1) is 0 Å². The number of carbonyl (C=O) groups excluding carboxylic acids is 2. The third-order valence-electron chi connectivity index (χ3n) is 2.67. The first kappa shape index (κ1) is 17.1. The average Bonchev–Trinajstić information content (AvgIpc) is 2.45. The van der Waals surface area contributed by atoms with Crippen molar-refractivity contribution in [1.29, 1.82) is 0 Å². The second-order valence-corrected chi connectivity index (χ2v) is 4.77. The number of amides is 3.